The van der Waals surface area contributed by atoms with Gasteiger partial charge in [-0.1, -0.05) is 12.1 Å². The van der Waals surface area contributed by atoms with Crippen molar-refractivity contribution >= 4 is 5.97 Å². The van der Waals surface area contributed by atoms with Crippen LogP contribution in [0.25, 0.3) is 5.69 Å². The number of aliphatic carboxylic acids is 1. The highest BCUT2D eigenvalue weighted by Crippen LogP contribution is 2.44. The molecule has 1 unspecified atom stereocenters. The first-order chi connectivity index (χ1) is 20.4. The standard InChI is InChI=1S/C30H29F5N2O6/c1-16(18-10-13-23-25(14-18)43-30(34,35)42-23)40-21-5-2-4-19(15-21)37-26-22(27(36-37)29(31,32)33)6-3-7-24(26)41-20-11-8-17(9-12-20)28(38)39/h2,4-5,10,13-17,20,24H,3,6-9,11-12H2,1H3,(H,38,39)/t16-,17-,20-,24?/m0/s1. The third-order valence-electron chi connectivity index (χ3n) is 8.14. The molecular weight excluding hydrogens is 579 g/mol. The summed E-state index contributed by atoms with van der Waals surface area (Å²) >= 11 is 0. The van der Waals surface area contributed by atoms with E-state index in [9.17, 15) is 31.9 Å². The van der Waals surface area contributed by atoms with E-state index in [-0.39, 0.29) is 29.6 Å². The minimum absolute atomic E-state index is 0.0971. The normalized spacial score (nSPS) is 23.4. The molecule has 0 saturated heterocycles. The summed E-state index contributed by atoms with van der Waals surface area (Å²) in [6, 6.07) is 10.7. The number of hydrogen-bond donors (Lipinski definition) is 1. The Kier molecular flexibility index (Phi) is 7.47. The van der Waals surface area contributed by atoms with E-state index in [1.807, 2.05) is 0 Å². The van der Waals surface area contributed by atoms with Gasteiger partial charge >= 0.3 is 18.4 Å². The predicted octanol–water partition coefficient (Wildman–Crippen LogP) is 7.39. The first-order valence-electron chi connectivity index (χ1n) is 14.1. The molecule has 0 radical (unpaired) electrons. The van der Waals surface area contributed by atoms with Gasteiger partial charge in [-0.15, -0.1) is 8.78 Å². The summed E-state index contributed by atoms with van der Waals surface area (Å²) < 4.78 is 91.9. The minimum Gasteiger partial charge on any atom is -0.486 e. The molecule has 3 aliphatic rings. The number of nitrogens with zero attached hydrogens (tertiary/aromatic N) is 2. The Morgan fingerprint density at radius 3 is 2.53 bits per heavy atom. The van der Waals surface area contributed by atoms with Crippen LogP contribution in [0.5, 0.6) is 17.2 Å². The van der Waals surface area contributed by atoms with Crippen LogP contribution in [0.15, 0.2) is 42.5 Å². The van der Waals surface area contributed by atoms with Crippen molar-refractivity contribution in [1.82, 2.24) is 9.78 Å². The van der Waals surface area contributed by atoms with Crippen molar-refractivity contribution in [3.63, 3.8) is 0 Å². The SMILES string of the molecule is C[C@H](Oc1cccc(-n2nc(C(F)(F)F)c3c2C(O[C@H]2CC[C@H](C(=O)O)CC2)CCC3)c1)c1ccc2c(c1)OC(F)(F)O2. The number of alkyl halides is 5. The lowest BCUT2D eigenvalue weighted by atomic mass is 9.87. The highest BCUT2D eigenvalue weighted by Gasteiger charge is 2.44. The van der Waals surface area contributed by atoms with Crippen LogP contribution in [0.4, 0.5) is 22.0 Å². The third-order valence-corrected chi connectivity index (χ3v) is 8.14. The molecule has 2 aromatic carbocycles. The molecule has 2 heterocycles. The molecule has 0 spiro atoms. The number of ether oxygens (including phenoxy) is 4. The van der Waals surface area contributed by atoms with Gasteiger partial charge in [-0.3, -0.25) is 4.79 Å². The molecule has 1 aromatic heterocycles. The molecule has 0 bridgehead atoms. The van der Waals surface area contributed by atoms with Crippen LogP contribution in [0, 0.1) is 5.92 Å². The van der Waals surface area contributed by atoms with E-state index in [0.717, 1.165) is 0 Å². The molecule has 2 atom stereocenters. The summed E-state index contributed by atoms with van der Waals surface area (Å²) in [6.45, 7) is 1.70. The topological polar surface area (TPSA) is 92.0 Å². The fourth-order valence-electron chi connectivity index (χ4n) is 6.06. The average Bonchev–Trinajstić information content (AvgIpc) is 3.50. The summed E-state index contributed by atoms with van der Waals surface area (Å²) in [5.41, 5.74) is 0.335. The second kappa shape index (κ2) is 11.0. The van der Waals surface area contributed by atoms with Gasteiger partial charge < -0.3 is 24.1 Å². The van der Waals surface area contributed by atoms with Crippen LogP contribution in [-0.2, 0) is 22.1 Å². The monoisotopic (exact) mass is 608 g/mol. The smallest absolute Gasteiger partial charge is 0.486 e. The molecule has 8 nitrogen and oxygen atoms in total. The molecule has 13 heteroatoms. The van der Waals surface area contributed by atoms with Crippen molar-refractivity contribution in [1.29, 1.82) is 0 Å². The van der Waals surface area contributed by atoms with Gasteiger partial charge in [0.25, 0.3) is 0 Å². The second-order valence-electron chi connectivity index (χ2n) is 11.1. The summed E-state index contributed by atoms with van der Waals surface area (Å²) in [6.07, 6.45) is -6.82. The summed E-state index contributed by atoms with van der Waals surface area (Å²) in [5, 5.41) is 13.3. The van der Waals surface area contributed by atoms with Crippen LogP contribution in [0.2, 0.25) is 0 Å². The van der Waals surface area contributed by atoms with Gasteiger partial charge in [-0.05, 0) is 81.7 Å². The molecule has 1 fully saturated rings. The van der Waals surface area contributed by atoms with Crippen molar-refractivity contribution in [2.24, 2.45) is 5.92 Å². The van der Waals surface area contributed by atoms with E-state index in [4.69, 9.17) is 9.47 Å². The molecule has 1 saturated carbocycles. The fourth-order valence-corrected chi connectivity index (χ4v) is 6.06. The number of halogens is 5. The summed E-state index contributed by atoms with van der Waals surface area (Å²) in [7, 11) is 0. The number of hydrogen-bond acceptors (Lipinski definition) is 6. The molecule has 3 aromatic rings. The van der Waals surface area contributed by atoms with Gasteiger partial charge in [0, 0.05) is 11.6 Å². The van der Waals surface area contributed by atoms with Crippen LogP contribution in [0.3, 0.4) is 0 Å². The number of fused-ring (bicyclic) bond motifs is 2. The van der Waals surface area contributed by atoms with Crippen LogP contribution in [-0.4, -0.2) is 33.3 Å². The lowest BCUT2D eigenvalue weighted by Gasteiger charge is -2.32. The number of aromatic nitrogens is 2. The Balaban J connectivity index is 1.27. The Hall–Kier alpha value is -3.87. The zero-order valence-corrected chi connectivity index (χ0v) is 23.1. The number of benzene rings is 2. The van der Waals surface area contributed by atoms with Gasteiger partial charge in [-0.25, -0.2) is 4.68 Å². The second-order valence-corrected chi connectivity index (χ2v) is 11.1. The van der Waals surface area contributed by atoms with Gasteiger partial charge in [-0.2, -0.15) is 18.3 Å². The van der Waals surface area contributed by atoms with E-state index in [1.165, 1.54) is 16.8 Å². The van der Waals surface area contributed by atoms with E-state index in [0.29, 0.717) is 61.2 Å². The van der Waals surface area contributed by atoms with Gasteiger partial charge in [0.1, 0.15) is 18.0 Å². The molecule has 6 rings (SSSR count). The quantitative estimate of drug-likeness (QED) is 0.280. The highest BCUT2D eigenvalue weighted by atomic mass is 19.4. The van der Waals surface area contributed by atoms with Crippen LogP contribution >= 0.6 is 0 Å². The van der Waals surface area contributed by atoms with E-state index in [2.05, 4.69) is 14.6 Å². The first kappa shape index (κ1) is 29.2. The van der Waals surface area contributed by atoms with E-state index in [1.54, 1.807) is 37.3 Å². The van der Waals surface area contributed by atoms with Gasteiger partial charge in [0.2, 0.25) is 0 Å². The van der Waals surface area contributed by atoms with Crippen molar-refractivity contribution in [2.45, 2.75) is 82.7 Å². The van der Waals surface area contributed by atoms with E-state index >= 15 is 0 Å². The molecule has 1 N–H and O–H groups in total. The van der Waals surface area contributed by atoms with Crippen molar-refractivity contribution in [3.05, 3.63) is 65.0 Å². The van der Waals surface area contributed by atoms with Crippen molar-refractivity contribution in [2.75, 3.05) is 0 Å². The summed E-state index contributed by atoms with van der Waals surface area (Å²) in [5.74, 6) is -1.18. The number of rotatable bonds is 7. The highest BCUT2D eigenvalue weighted by molar-refractivity contribution is 5.70. The molecule has 0 amide bonds. The molecule has 230 valence electrons. The minimum atomic E-state index is -4.67. The Morgan fingerprint density at radius 1 is 1.07 bits per heavy atom. The Bertz CT molecular complexity index is 1520. The van der Waals surface area contributed by atoms with E-state index < -0.39 is 42.3 Å². The fraction of sp³-hybridized carbons (Fsp3) is 0.467. The third kappa shape index (κ3) is 5.99. The molecule has 43 heavy (non-hydrogen) atoms. The predicted molar refractivity (Wildman–Crippen MR) is 140 cm³/mol. The van der Waals surface area contributed by atoms with Crippen molar-refractivity contribution in [3.8, 4) is 22.9 Å². The lowest BCUT2D eigenvalue weighted by Crippen LogP contribution is -2.29. The average molecular weight is 609 g/mol. The maximum Gasteiger partial charge on any atom is 0.586 e. The van der Waals surface area contributed by atoms with Crippen molar-refractivity contribution < 1.29 is 50.8 Å². The van der Waals surface area contributed by atoms with Crippen LogP contribution in [0.1, 0.15) is 80.2 Å². The Labute approximate surface area is 243 Å². The Morgan fingerprint density at radius 2 is 1.81 bits per heavy atom. The molecule has 2 aliphatic carbocycles. The maximum absolute atomic E-state index is 14.1. The molecular formula is C30H29F5N2O6. The number of carboxylic acids is 1. The van der Waals surface area contributed by atoms with Gasteiger partial charge in [0.15, 0.2) is 17.2 Å². The zero-order chi connectivity index (χ0) is 30.5. The molecule has 1 aliphatic heterocycles. The van der Waals surface area contributed by atoms with Gasteiger partial charge in [0.05, 0.1) is 23.4 Å². The largest absolute Gasteiger partial charge is 0.586 e. The first-order valence-corrected chi connectivity index (χ1v) is 14.1. The summed E-state index contributed by atoms with van der Waals surface area (Å²) in [4.78, 5) is 11.3. The zero-order valence-electron chi connectivity index (χ0n) is 23.1. The lowest BCUT2D eigenvalue weighted by molar-refractivity contribution is -0.286. The number of carboxylic acid groups (broad SMARTS) is 1. The maximum atomic E-state index is 14.1. The van der Waals surface area contributed by atoms with Crippen LogP contribution < -0.4 is 14.2 Å². The number of carbonyl (C=O) groups is 1.